The minimum Gasteiger partial charge on any atom is -0.478 e. The Labute approximate surface area is 184 Å². The van der Waals surface area contributed by atoms with Gasteiger partial charge in [-0.15, -0.1) is 0 Å². The van der Waals surface area contributed by atoms with Crippen LogP contribution in [-0.4, -0.2) is 34.0 Å². The summed E-state index contributed by atoms with van der Waals surface area (Å²) in [5.41, 5.74) is 2.57. The van der Waals surface area contributed by atoms with Gasteiger partial charge in [-0.1, -0.05) is 61.5 Å². The molecule has 0 amide bonds. The maximum absolute atomic E-state index is 11.0. The van der Waals surface area contributed by atoms with Gasteiger partial charge in [-0.05, 0) is 61.8 Å². The number of aryl methyl sites for hydroxylation is 1. The van der Waals surface area contributed by atoms with Crippen LogP contribution in [0.2, 0.25) is 0 Å². The summed E-state index contributed by atoms with van der Waals surface area (Å²) in [5, 5.41) is 19.9. The first-order valence-corrected chi connectivity index (χ1v) is 11.4. The van der Waals surface area contributed by atoms with E-state index < -0.39 is 12.1 Å². The topological polar surface area (TPSA) is 66.8 Å². The Hall–Kier alpha value is -2.43. The molecular formula is C27H32O4. The summed E-state index contributed by atoms with van der Waals surface area (Å²) in [6.07, 6.45) is 9.80. The van der Waals surface area contributed by atoms with E-state index in [1.165, 1.54) is 5.56 Å². The highest BCUT2D eigenvalue weighted by Crippen LogP contribution is 2.50. The van der Waals surface area contributed by atoms with Gasteiger partial charge in [0.05, 0.1) is 23.4 Å². The number of fused-ring (bicyclic) bond motifs is 2. The van der Waals surface area contributed by atoms with E-state index in [0.717, 1.165) is 44.1 Å². The summed E-state index contributed by atoms with van der Waals surface area (Å²) in [6, 6.07) is 17.4. The van der Waals surface area contributed by atoms with Gasteiger partial charge in [-0.2, -0.15) is 0 Å². The van der Waals surface area contributed by atoms with Crippen LogP contribution >= 0.6 is 0 Å². The smallest absolute Gasteiger partial charge is 0.335 e. The minimum atomic E-state index is -0.891. The number of hydrogen-bond donors (Lipinski definition) is 2. The second-order valence-electron chi connectivity index (χ2n) is 9.05. The molecule has 2 aliphatic heterocycles. The van der Waals surface area contributed by atoms with Crippen molar-refractivity contribution in [1.82, 2.24) is 0 Å². The van der Waals surface area contributed by atoms with E-state index in [4.69, 9.17) is 9.84 Å². The maximum Gasteiger partial charge on any atom is 0.335 e. The van der Waals surface area contributed by atoms with Gasteiger partial charge < -0.3 is 14.9 Å². The molecule has 2 aromatic carbocycles. The third-order valence-corrected chi connectivity index (χ3v) is 7.08. The number of aromatic carboxylic acids is 1. The lowest BCUT2D eigenvalue weighted by Crippen LogP contribution is -2.27. The third-order valence-electron chi connectivity index (χ3n) is 7.08. The molecule has 0 radical (unpaired) electrons. The van der Waals surface area contributed by atoms with Crippen molar-refractivity contribution in [2.75, 3.05) is 0 Å². The average molecular weight is 421 g/mol. The lowest BCUT2D eigenvalue weighted by atomic mass is 9.78. The molecule has 2 saturated heterocycles. The second-order valence-corrected chi connectivity index (χ2v) is 9.05. The monoisotopic (exact) mass is 420 g/mol. The Morgan fingerprint density at radius 1 is 1.19 bits per heavy atom. The van der Waals surface area contributed by atoms with Gasteiger partial charge in [-0.3, -0.25) is 0 Å². The maximum atomic E-state index is 11.0. The highest BCUT2D eigenvalue weighted by molar-refractivity contribution is 5.87. The van der Waals surface area contributed by atoms with Gasteiger partial charge in [-0.25, -0.2) is 4.79 Å². The molecule has 2 N–H and O–H groups in total. The largest absolute Gasteiger partial charge is 0.478 e. The molecular weight excluding hydrogens is 388 g/mol. The van der Waals surface area contributed by atoms with Gasteiger partial charge in [0.2, 0.25) is 0 Å². The Kier molecular flexibility index (Phi) is 6.59. The summed E-state index contributed by atoms with van der Waals surface area (Å²) >= 11 is 0. The van der Waals surface area contributed by atoms with E-state index in [9.17, 15) is 9.90 Å². The van der Waals surface area contributed by atoms with Crippen molar-refractivity contribution in [3.63, 3.8) is 0 Å². The fraction of sp³-hybridized carbons (Fsp3) is 0.444. The van der Waals surface area contributed by atoms with Crippen LogP contribution in [0.25, 0.3) is 0 Å². The van der Waals surface area contributed by atoms with Crippen molar-refractivity contribution >= 4 is 5.97 Å². The molecule has 4 heteroatoms. The van der Waals surface area contributed by atoms with Gasteiger partial charge in [0, 0.05) is 11.8 Å². The van der Waals surface area contributed by atoms with Crippen LogP contribution in [0, 0.1) is 5.92 Å². The molecule has 2 unspecified atom stereocenters. The predicted octanol–water partition coefficient (Wildman–Crippen LogP) is 5.37. The first-order chi connectivity index (χ1) is 15.0. The van der Waals surface area contributed by atoms with Crippen LogP contribution in [0.15, 0.2) is 66.7 Å². The molecule has 0 spiro atoms. The molecule has 31 heavy (non-hydrogen) atoms. The Balaban J connectivity index is 1.35. The zero-order chi connectivity index (χ0) is 21.8. The zero-order valence-electron chi connectivity index (χ0n) is 18.1. The number of aliphatic hydroxyl groups is 1. The molecule has 0 aromatic heterocycles. The fourth-order valence-electron chi connectivity index (χ4n) is 5.29. The number of ether oxygens (including phenoxy) is 1. The molecule has 2 aliphatic rings. The molecule has 4 nitrogen and oxygen atoms in total. The van der Waals surface area contributed by atoms with E-state index in [1.807, 2.05) is 36.4 Å². The normalized spacial score (nSPS) is 26.9. The van der Waals surface area contributed by atoms with Crippen LogP contribution in [-0.2, 0) is 11.2 Å². The van der Waals surface area contributed by atoms with Crippen molar-refractivity contribution in [2.24, 2.45) is 5.92 Å². The molecule has 0 aliphatic carbocycles. The van der Waals surface area contributed by atoms with Crippen molar-refractivity contribution in [3.05, 3.63) is 83.4 Å². The lowest BCUT2D eigenvalue weighted by Gasteiger charge is -2.26. The fourth-order valence-corrected chi connectivity index (χ4v) is 5.29. The van der Waals surface area contributed by atoms with Crippen LogP contribution < -0.4 is 0 Å². The van der Waals surface area contributed by atoms with E-state index in [0.29, 0.717) is 11.5 Å². The molecule has 2 aromatic rings. The molecule has 2 fully saturated rings. The van der Waals surface area contributed by atoms with E-state index >= 15 is 0 Å². The van der Waals surface area contributed by atoms with Crippen LogP contribution in [0.3, 0.4) is 0 Å². The number of aliphatic hydroxyl groups excluding tert-OH is 1. The Morgan fingerprint density at radius 3 is 2.61 bits per heavy atom. The van der Waals surface area contributed by atoms with Gasteiger partial charge in [0.25, 0.3) is 0 Å². The summed E-state index contributed by atoms with van der Waals surface area (Å²) in [7, 11) is 0. The molecule has 164 valence electrons. The standard InChI is InChI=1S/C27H32O4/c1-2-23(20-6-4-3-5-7-20)24(28)13-12-22-18-27(17-15-25(22)31-27)16-14-19-8-10-21(11-9-19)26(29)30/h3-13,22-25,28H,2,14-18H2,1H3,(H,29,30)/t22-,23?,24?,25-,27+/m1/s1. The number of benzene rings is 2. The van der Waals surface area contributed by atoms with Crippen molar-refractivity contribution < 1.29 is 19.7 Å². The van der Waals surface area contributed by atoms with E-state index in [1.54, 1.807) is 12.1 Å². The number of carbonyl (C=O) groups is 1. The van der Waals surface area contributed by atoms with Crippen LogP contribution in [0.1, 0.15) is 66.4 Å². The summed E-state index contributed by atoms with van der Waals surface area (Å²) in [6.45, 7) is 2.12. The Bertz CT molecular complexity index is 905. The summed E-state index contributed by atoms with van der Waals surface area (Å²) in [5.74, 6) is -0.428. The zero-order valence-corrected chi connectivity index (χ0v) is 18.1. The van der Waals surface area contributed by atoms with Gasteiger partial charge >= 0.3 is 5.97 Å². The first kappa shape index (κ1) is 21.8. The highest BCUT2D eigenvalue weighted by Gasteiger charge is 2.50. The van der Waals surface area contributed by atoms with Crippen molar-refractivity contribution in [2.45, 2.75) is 69.2 Å². The van der Waals surface area contributed by atoms with Crippen molar-refractivity contribution in [3.8, 4) is 0 Å². The number of carboxylic acid groups (broad SMARTS) is 1. The highest BCUT2D eigenvalue weighted by atomic mass is 16.5. The number of rotatable bonds is 9. The van der Waals surface area contributed by atoms with E-state index in [2.05, 4.69) is 25.1 Å². The predicted molar refractivity (Wildman–Crippen MR) is 121 cm³/mol. The van der Waals surface area contributed by atoms with E-state index in [-0.39, 0.29) is 17.6 Å². The lowest BCUT2D eigenvalue weighted by molar-refractivity contribution is 0.00572. The first-order valence-electron chi connectivity index (χ1n) is 11.4. The number of hydrogen-bond acceptors (Lipinski definition) is 3. The van der Waals surface area contributed by atoms with Crippen LogP contribution in [0.5, 0.6) is 0 Å². The second kappa shape index (κ2) is 9.37. The van der Waals surface area contributed by atoms with Crippen LogP contribution in [0.4, 0.5) is 0 Å². The number of carboxylic acids is 1. The quantitative estimate of drug-likeness (QED) is 0.536. The summed E-state index contributed by atoms with van der Waals surface area (Å²) in [4.78, 5) is 11.0. The minimum absolute atomic E-state index is 0.0836. The molecule has 5 atom stereocenters. The molecule has 4 rings (SSSR count). The van der Waals surface area contributed by atoms with Gasteiger partial charge in [0.1, 0.15) is 0 Å². The molecule has 0 saturated carbocycles. The average Bonchev–Trinajstić information content (AvgIpc) is 3.37. The van der Waals surface area contributed by atoms with Gasteiger partial charge in [0.15, 0.2) is 0 Å². The SMILES string of the molecule is CCC(c1ccccc1)C(O)C=C[C@@H]1C[C@]2(CCc3ccc(C(=O)O)cc3)CC[C@H]1O2. The Morgan fingerprint density at radius 2 is 1.94 bits per heavy atom. The molecule has 2 heterocycles. The summed E-state index contributed by atoms with van der Waals surface area (Å²) < 4.78 is 6.43. The molecule has 2 bridgehead atoms. The van der Waals surface area contributed by atoms with Crippen molar-refractivity contribution in [1.29, 1.82) is 0 Å². The third kappa shape index (κ3) is 4.91.